The first-order valence-corrected chi connectivity index (χ1v) is 18.7. The van der Waals surface area contributed by atoms with Crippen LogP contribution in [-0.4, -0.2) is 27.6 Å². The maximum atomic E-state index is 6.17. The molecule has 7 heteroatoms. The average Bonchev–Trinajstić information content (AvgIpc) is 3.56. The molecule has 0 aliphatic heterocycles. The molecule has 0 saturated carbocycles. The van der Waals surface area contributed by atoms with Crippen LogP contribution in [0.25, 0.3) is 55.6 Å². The predicted octanol–water partition coefficient (Wildman–Crippen LogP) is 8.93. The first-order valence-electron chi connectivity index (χ1n) is 15.2. The molecule has 3 aromatic carbocycles. The molecule has 0 amide bonds. The molecule has 5 nitrogen and oxygen atoms in total. The first kappa shape index (κ1) is 32.5. The summed E-state index contributed by atoms with van der Waals surface area (Å²) < 4.78 is 8.21. The van der Waals surface area contributed by atoms with Crippen LogP contribution in [0.5, 0.6) is 0 Å². The van der Waals surface area contributed by atoms with Crippen LogP contribution in [-0.2, 0) is 33.6 Å². The van der Waals surface area contributed by atoms with Crippen LogP contribution in [0.3, 0.4) is 0 Å². The largest absolute Gasteiger partial charge is 0.501 e. The molecule has 45 heavy (non-hydrogen) atoms. The number of fused-ring (bicyclic) bond motifs is 4. The smallest absolute Gasteiger partial charge is 0.120 e. The van der Waals surface area contributed by atoms with Gasteiger partial charge in [0.25, 0.3) is 0 Å². The summed E-state index contributed by atoms with van der Waals surface area (Å²) in [6.45, 7) is 13.8. The summed E-state index contributed by atoms with van der Waals surface area (Å²) >= 11 is 0. The second-order valence-corrected chi connectivity index (χ2v) is 17.9. The molecule has 4 heterocycles. The van der Waals surface area contributed by atoms with Crippen LogP contribution in [0.15, 0.2) is 89.7 Å². The van der Waals surface area contributed by atoms with Crippen molar-refractivity contribution in [2.24, 2.45) is 13.0 Å². The number of furan rings is 1. The molecule has 0 bridgehead atoms. The van der Waals surface area contributed by atoms with E-state index in [4.69, 9.17) is 9.40 Å². The Hall–Kier alpha value is -3.90. The fraction of sp³-hybridized carbons (Fsp3) is 0.237. The SMILES string of the molecule is CC(C)Cc1cc(-c2[c-]cccc2)ncc1[Si](C)(C)C.Cc1c[c-]c(-c2nc3ccncc3n2C)c2oc3ccccc3c12.[Ir]. The van der Waals surface area contributed by atoms with E-state index in [2.05, 4.69) is 86.9 Å². The van der Waals surface area contributed by atoms with Crippen molar-refractivity contribution in [1.29, 1.82) is 0 Å². The van der Waals surface area contributed by atoms with Crippen LogP contribution < -0.4 is 5.19 Å². The van der Waals surface area contributed by atoms with Gasteiger partial charge in [-0.05, 0) is 35.4 Å². The topological polar surface area (TPSA) is 56.7 Å². The zero-order valence-electron chi connectivity index (χ0n) is 26.9. The summed E-state index contributed by atoms with van der Waals surface area (Å²) in [4.78, 5) is 13.6. The molecule has 7 rings (SSSR count). The second kappa shape index (κ2) is 13.2. The molecule has 0 aliphatic rings. The second-order valence-electron chi connectivity index (χ2n) is 12.9. The van der Waals surface area contributed by atoms with Crippen LogP contribution in [0, 0.1) is 25.0 Å². The quantitative estimate of drug-likeness (QED) is 0.129. The number of aryl methyl sites for hydroxylation is 2. The molecule has 0 saturated heterocycles. The Morgan fingerprint density at radius 3 is 2.47 bits per heavy atom. The average molecular weight is 787 g/mol. The minimum Gasteiger partial charge on any atom is -0.501 e. The van der Waals surface area contributed by atoms with Crippen molar-refractivity contribution in [2.75, 3.05) is 0 Å². The van der Waals surface area contributed by atoms with Gasteiger partial charge in [-0.25, -0.2) is 0 Å². The van der Waals surface area contributed by atoms with E-state index in [1.165, 1.54) is 10.8 Å². The van der Waals surface area contributed by atoms with Gasteiger partial charge in [-0.1, -0.05) is 81.2 Å². The minimum absolute atomic E-state index is 0. The van der Waals surface area contributed by atoms with E-state index in [1.54, 1.807) is 6.20 Å². The molecule has 0 N–H and O–H groups in total. The van der Waals surface area contributed by atoms with E-state index in [9.17, 15) is 0 Å². The normalized spacial score (nSPS) is 11.6. The Bertz CT molecular complexity index is 2090. The van der Waals surface area contributed by atoms with Gasteiger partial charge >= 0.3 is 0 Å². The van der Waals surface area contributed by atoms with Crippen molar-refractivity contribution in [3.05, 3.63) is 109 Å². The summed E-state index contributed by atoms with van der Waals surface area (Å²) in [5.74, 6) is 1.50. The summed E-state index contributed by atoms with van der Waals surface area (Å²) in [5, 5.41) is 3.75. The van der Waals surface area contributed by atoms with Gasteiger partial charge in [-0.3, -0.25) is 9.97 Å². The zero-order chi connectivity index (χ0) is 31.0. The Balaban J connectivity index is 0.000000177. The van der Waals surface area contributed by atoms with Crippen molar-refractivity contribution in [3.63, 3.8) is 0 Å². The van der Waals surface area contributed by atoms with E-state index >= 15 is 0 Å². The van der Waals surface area contributed by atoms with Crippen LogP contribution in [0.2, 0.25) is 19.6 Å². The Morgan fingerprint density at radius 2 is 1.76 bits per heavy atom. The molecule has 7 aromatic rings. The van der Waals surface area contributed by atoms with E-state index in [0.717, 1.165) is 67.6 Å². The number of rotatable bonds is 5. The maximum absolute atomic E-state index is 6.17. The molecule has 0 fully saturated rings. The molecule has 231 valence electrons. The van der Waals surface area contributed by atoms with Crippen molar-refractivity contribution in [1.82, 2.24) is 19.5 Å². The number of benzene rings is 3. The Labute approximate surface area is 280 Å². The minimum atomic E-state index is -1.34. The molecule has 0 unspecified atom stereocenters. The van der Waals surface area contributed by atoms with E-state index in [1.807, 2.05) is 66.3 Å². The number of hydrogen-bond donors (Lipinski definition) is 0. The van der Waals surface area contributed by atoms with Crippen molar-refractivity contribution < 1.29 is 24.5 Å². The third-order valence-electron chi connectivity index (χ3n) is 7.97. The molecule has 4 aromatic heterocycles. The summed E-state index contributed by atoms with van der Waals surface area (Å²) in [7, 11) is 0.653. The first-order chi connectivity index (χ1) is 21.1. The van der Waals surface area contributed by atoms with Gasteiger partial charge in [0, 0.05) is 44.9 Å². The van der Waals surface area contributed by atoms with Gasteiger partial charge in [0.2, 0.25) is 0 Å². The molecular formula is C38H38IrN4OSi-2. The van der Waals surface area contributed by atoms with Crippen molar-refractivity contribution in [3.8, 4) is 22.6 Å². The maximum Gasteiger partial charge on any atom is 0.120 e. The van der Waals surface area contributed by atoms with Gasteiger partial charge in [-0.15, -0.1) is 53.6 Å². The Kier molecular flexibility index (Phi) is 9.54. The van der Waals surface area contributed by atoms with Gasteiger partial charge in [-0.2, -0.15) is 0 Å². The fourth-order valence-corrected chi connectivity index (χ4v) is 7.43. The number of pyridine rings is 2. The monoisotopic (exact) mass is 787 g/mol. The van der Waals surface area contributed by atoms with Gasteiger partial charge < -0.3 is 14.0 Å². The molecule has 0 spiro atoms. The third kappa shape index (κ3) is 6.57. The standard InChI is InChI=1S/C20H14N3O.C18H24NSi.Ir/c1-12-7-8-14(19-18(12)13-5-3-4-6-17(13)24-19)20-22-15-9-10-21-11-16(15)23(20)2;1-14(2)11-16-12-17(15-9-7-6-8-10-15)19-13-18(16)20(3,4)5;/h3-7,9-11H,1-2H3;6-9,12-14H,11H2,1-5H3;/q2*-1;. The number of hydrogen-bond acceptors (Lipinski definition) is 4. The van der Waals surface area contributed by atoms with E-state index < -0.39 is 8.07 Å². The van der Waals surface area contributed by atoms with Gasteiger partial charge in [0.05, 0.1) is 36.7 Å². The van der Waals surface area contributed by atoms with Crippen LogP contribution >= 0.6 is 0 Å². The fourth-order valence-electron chi connectivity index (χ4n) is 5.84. The predicted molar refractivity (Wildman–Crippen MR) is 185 cm³/mol. The molecule has 1 radical (unpaired) electrons. The van der Waals surface area contributed by atoms with Crippen LogP contribution in [0.1, 0.15) is 25.0 Å². The number of aromatic nitrogens is 4. The Morgan fingerprint density at radius 1 is 0.978 bits per heavy atom. The molecule has 0 aliphatic carbocycles. The molecular weight excluding hydrogens is 749 g/mol. The number of nitrogens with zero attached hydrogens (tertiary/aromatic N) is 4. The summed E-state index contributed by atoms with van der Waals surface area (Å²) in [6.07, 6.45) is 6.83. The van der Waals surface area contributed by atoms with Gasteiger partial charge in [0.1, 0.15) is 5.58 Å². The summed E-state index contributed by atoms with van der Waals surface area (Å²) in [6, 6.07) is 29.0. The van der Waals surface area contributed by atoms with Crippen molar-refractivity contribution in [2.45, 2.75) is 46.8 Å². The number of imidazole rings is 1. The third-order valence-corrected chi connectivity index (χ3v) is 10.0. The number of para-hydroxylation sites is 1. The summed E-state index contributed by atoms with van der Waals surface area (Å²) in [5.41, 5.74) is 9.26. The van der Waals surface area contributed by atoms with E-state index in [0.29, 0.717) is 5.92 Å². The zero-order valence-corrected chi connectivity index (χ0v) is 30.3. The van der Waals surface area contributed by atoms with Crippen LogP contribution in [0.4, 0.5) is 0 Å². The molecule has 0 atom stereocenters. The van der Waals surface area contributed by atoms with Gasteiger partial charge in [0.15, 0.2) is 0 Å². The van der Waals surface area contributed by atoms with Crippen molar-refractivity contribution >= 4 is 46.2 Å². The van der Waals surface area contributed by atoms with E-state index in [-0.39, 0.29) is 20.1 Å².